The molecule has 0 unspecified atom stereocenters. The number of rotatable bonds is 4. The van der Waals surface area contributed by atoms with Gasteiger partial charge in [-0.1, -0.05) is 38.2 Å². The van der Waals surface area contributed by atoms with E-state index in [-0.39, 0.29) is 0 Å². The number of hydrogen-bond donors (Lipinski definition) is 1. The molecule has 0 aliphatic heterocycles. The fourth-order valence-electron chi connectivity index (χ4n) is 2.52. The lowest BCUT2D eigenvalue weighted by atomic mass is 9.87. The lowest BCUT2D eigenvalue weighted by molar-refractivity contribution is 0.345. The highest BCUT2D eigenvalue weighted by atomic mass is 15.0. The molecule has 1 aliphatic carbocycles. The molecule has 0 atom stereocenters. The predicted molar refractivity (Wildman–Crippen MR) is 68.7 cm³/mol. The highest BCUT2D eigenvalue weighted by molar-refractivity contribution is 5.34. The van der Waals surface area contributed by atoms with Gasteiger partial charge in [-0.15, -0.1) is 0 Å². The van der Waals surface area contributed by atoms with Crippen molar-refractivity contribution in [3.05, 3.63) is 23.9 Å². The molecule has 0 spiro atoms. The van der Waals surface area contributed by atoms with Crippen LogP contribution in [-0.2, 0) is 0 Å². The number of aryl methyl sites for hydroxylation is 1. The van der Waals surface area contributed by atoms with Crippen LogP contribution < -0.4 is 5.32 Å². The molecule has 0 bridgehead atoms. The minimum Gasteiger partial charge on any atom is -0.370 e. The van der Waals surface area contributed by atoms with Gasteiger partial charge in [-0.2, -0.15) is 0 Å². The maximum Gasteiger partial charge on any atom is 0.126 e. The quantitative estimate of drug-likeness (QED) is 0.832. The van der Waals surface area contributed by atoms with Crippen molar-refractivity contribution in [1.82, 2.24) is 4.98 Å². The summed E-state index contributed by atoms with van der Waals surface area (Å²) in [6.45, 7) is 3.10. The number of pyridine rings is 1. The van der Waals surface area contributed by atoms with Crippen molar-refractivity contribution in [3.63, 3.8) is 0 Å². The largest absolute Gasteiger partial charge is 0.370 e. The fraction of sp³-hybridized carbons (Fsp3) is 0.643. The van der Waals surface area contributed by atoms with Gasteiger partial charge in [0, 0.05) is 12.2 Å². The molecular weight excluding hydrogens is 196 g/mol. The SMILES string of the molecule is Cc1cccc(NCCC2CCCCC2)n1. The molecule has 2 nitrogen and oxygen atoms in total. The first-order valence-electron chi connectivity index (χ1n) is 6.52. The van der Waals surface area contributed by atoms with E-state index < -0.39 is 0 Å². The van der Waals surface area contributed by atoms with Gasteiger partial charge in [0.15, 0.2) is 0 Å². The normalized spacial score (nSPS) is 17.3. The van der Waals surface area contributed by atoms with Crippen LogP contribution in [0, 0.1) is 12.8 Å². The van der Waals surface area contributed by atoms with E-state index in [2.05, 4.69) is 16.4 Å². The second-order valence-corrected chi connectivity index (χ2v) is 4.88. The summed E-state index contributed by atoms with van der Waals surface area (Å²) in [5.74, 6) is 1.97. The van der Waals surface area contributed by atoms with Crippen LogP contribution >= 0.6 is 0 Å². The Morgan fingerprint density at radius 2 is 2.06 bits per heavy atom. The van der Waals surface area contributed by atoms with E-state index >= 15 is 0 Å². The first-order chi connectivity index (χ1) is 7.84. The zero-order valence-corrected chi connectivity index (χ0v) is 10.2. The van der Waals surface area contributed by atoms with Gasteiger partial charge in [-0.25, -0.2) is 4.98 Å². The van der Waals surface area contributed by atoms with Gasteiger partial charge >= 0.3 is 0 Å². The first kappa shape index (κ1) is 11.4. The third kappa shape index (κ3) is 3.51. The Bertz CT molecular complexity index is 316. The van der Waals surface area contributed by atoms with Crippen molar-refractivity contribution in [2.45, 2.75) is 45.4 Å². The van der Waals surface area contributed by atoms with Crippen molar-refractivity contribution >= 4 is 5.82 Å². The van der Waals surface area contributed by atoms with E-state index in [1.165, 1.54) is 38.5 Å². The highest BCUT2D eigenvalue weighted by Crippen LogP contribution is 2.26. The Kier molecular flexibility index (Phi) is 4.20. The molecular formula is C14H22N2. The van der Waals surface area contributed by atoms with E-state index in [1.807, 2.05) is 19.1 Å². The summed E-state index contributed by atoms with van der Waals surface area (Å²) in [4.78, 5) is 4.44. The third-order valence-electron chi connectivity index (χ3n) is 3.47. The third-order valence-corrected chi connectivity index (χ3v) is 3.47. The minimum atomic E-state index is 0.950. The lowest BCUT2D eigenvalue weighted by Crippen LogP contribution is -2.12. The fourth-order valence-corrected chi connectivity index (χ4v) is 2.52. The molecule has 0 radical (unpaired) electrons. The van der Waals surface area contributed by atoms with Crippen LogP contribution in [0.15, 0.2) is 18.2 Å². The zero-order valence-electron chi connectivity index (χ0n) is 10.2. The van der Waals surface area contributed by atoms with E-state index in [4.69, 9.17) is 0 Å². The highest BCUT2D eigenvalue weighted by Gasteiger charge is 2.12. The van der Waals surface area contributed by atoms with Gasteiger partial charge in [-0.3, -0.25) is 0 Å². The summed E-state index contributed by atoms with van der Waals surface area (Å²) in [6, 6.07) is 6.14. The summed E-state index contributed by atoms with van der Waals surface area (Å²) in [6.07, 6.45) is 8.49. The Morgan fingerprint density at radius 1 is 1.25 bits per heavy atom. The molecule has 1 aliphatic rings. The topological polar surface area (TPSA) is 24.9 Å². The summed E-state index contributed by atoms with van der Waals surface area (Å²) in [5.41, 5.74) is 1.09. The molecule has 1 fully saturated rings. The molecule has 1 aromatic heterocycles. The number of hydrogen-bond acceptors (Lipinski definition) is 2. The molecule has 0 aromatic carbocycles. The van der Waals surface area contributed by atoms with Gasteiger partial charge in [-0.05, 0) is 31.4 Å². The molecule has 1 aromatic rings. The van der Waals surface area contributed by atoms with Crippen LogP contribution in [0.3, 0.4) is 0 Å². The summed E-state index contributed by atoms with van der Waals surface area (Å²) in [7, 11) is 0. The average Bonchev–Trinajstić information content (AvgIpc) is 2.30. The van der Waals surface area contributed by atoms with Crippen molar-refractivity contribution in [2.75, 3.05) is 11.9 Å². The Labute approximate surface area is 98.5 Å². The molecule has 1 N–H and O–H groups in total. The van der Waals surface area contributed by atoms with Crippen LogP contribution in [0.2, 0.25) is 0 Å². The van der Waals surface area contributed by atoms with E-state index in [9.17, 15) is 0 Å². The molecule has 16 heavy (non-hydrogen) atoms. The van der Waals surface area contributed by atoms with Crippen molar-refractivity contribution < 1.29 is 0 Å². The Balaban J connectivity index is 1.71. The van der Waals surface area contributed by atoms with Crippen molar-refractivity contribution in [2.24, 2.45) is 5.92 Å². The molecule has 0 saturated heterocycles. The smallest absolute Gasteiger partial charge is 0.126 e. The van der Waals surface area contributed by atoms with Gasteiger partial charge in [0.05, 0.1) is 0 Å². The van der Waals surface area contributed by atoms with E-state index in [0.29, 0.717) is 0 Å². The van der Waals surface area contributed by atoms with Crippen LogP contribution in [0.1, 0.15) is 44.2 Å². The second-order valence-electron chi connectivity index (χ2n) is 4.88. The number of anilines is 1. The second kappa shape index (κ2) is 5.88. The maximum atomic E-state index is 4.44. The summed E-state index contributed by atoms with van der Waals surface area (Å²) >= 11 is 0. The van der Waals surface area contributed by atoms with E-state index in [0.717, 1.165) is 24.0 Å². The van der Waals surface area contributed by atoms with Crippen LogP contribution in [-0.4, -0.2) is 11.5 Å². The molecule has 0 amide bonds. The first-order valence-corrected chi connectivity index (χ1v) is 6.52. The monoisotopic (exact) mass is 218 g/mol. The van der Waals surface area contributed by atoms with Crippen molar-refractivity contribution in [1.29, 1.82) is 0 Å². The van der Waals surface area contributed by atoms with Crippen LogP contribution in [0.4, 0.5) is 5.82 Å². The van der Waals surface area contributed by atoms with Gasteiger partial charge < -0.3 is 5.32 Å². The minimum absolute atomic E-state index is 0.950. The molecule has 1 heterocycles. The van der Waals surface area contributed by atoms with Crippen molar-refractivity contribution in [3.8, 4) is 0 Å². The molecule has 2 heteroatoms. The zero-order chi connectivity index (χ0) is 11.2. The molecule has 1 saturated carbocycles. The Hall–Kier alpha value is -1.05. The lowest BCUT2D eigenvalue weighted by Gasteiger charge is -2.21. The summed E-state index contributed by atoms with van der Waals surface area (Å²) in [5, 5.41) is 3.42. The van der Waals surface area contributed by atoms with Gasteiger partial charge in [0.2, 0.25) is 0 Å². The molecule has 2 rings (SSSR count). The van der Waals surface area contributed by atoms with Crippen LogP contribution in [0.5, 0.6) is 0 Å². The number of nitrogens with zero attached hydrogens (tertiary/aromatic N) is 1. The Morgan fingerprint density at radius 3 is 2.81 bits per heavy atom. The number of nitrogens with one attached hydrogen (secondary N) is 1. The van der Waals surface area contributed by atoms with Crippen LogP contribution in [0.25, 0.3) is 0 Å². The average molecular weight is 218 g/mol. The van der Waals surface area contributed by atoms with E-state index in [1.54, 1.807) is 0 Å². The standard InChI is InChI=1S/C14H22N2/c1-12-6-5-9-14(16-12)15-11-10-13-7-3-2-4-8-13/h5-6,9,13H,2-4,7-8,10-11H2,1H3,(H,15,16). The predicted octanol–water partition coefficient (Wildman–Crippen LogP) is 3.77. The summed E-state index contributed by atoms with van der Waals surface area (Å²) < 4.78 is 0. The molecule has 88 valence electrons. The van der Waals surface area contributed by atoms with Gasteiger partial charge in [0.25, 0.3) is 0 Å². The van der Waals surface area contributed by atoms with Gasteiger partial charge in [0.1, 0.15) is 5.82 Å². The number of aromatic nitrogens is 1. The maximum absolute atomic E-state index is 4.44.